The van der Waals surface area contributed by atoms with Gasteiger partial charge in [0.2, 0.25) is 0 Å². The Kier molecular flexibility index (Phi) is 4.18. The lowest BCUT2D eigenvalue weighted by Gasteiger charge is -2.22. The maximum Gasteiger partial charge on any atom is 0.122 e. The zero-order chi connectivity index (χ0) is 13.8. The summed E-state index contributed by atoms with van der Waals surface area (Å²) >= 11 is 0. The Bertz CT molecular complexity index is 521. The summed E-state index contributed by atoms with van der Waals surface area (Å²) in [5.74, 6) is 2.61. The highest BCUT2D eigenvalue weighted by Crippen LogP contribution is 2.18. The minimum absolute atomic E-state index is 0.486. The fourth-order valence-corrected chi connectivity index (χ4v) is 2.76. The number of furan rings is 1. The quantitative estimate of drug-likeness (QED) is 0.838. The SMILES string of the molecule is CCOC[C@H]1CN(Cc2ccco2)Cc2nccn2C1. The van der Waals surface area contributed by atoms with Crippen molar-refractivity contribution in [2.24, 2.45) is 5.92 Å². The Morgan fingerprint density at radius 2 is 2.40 bits per heavy atom. The molecule has 0 spiro atoms. The number of ether oxygens (including phenoxy) is 1. The molecule has 1 aliphatic rings. The number of rotatable bonds is 5. The van der Waals surface area contributed by atoms with E-state index < -0.39 is 0 Å². The van der Waals surface area contributed by atoms with Gasteiger partial charge in [-0.25, -0.2) is 4.98 Å². The third-order valence-corrected chi connectivity index (χ3v) is 3.66. The van der Waals surface area contributed by atoms with Crippen LogP contribution in [-0.2, 0) is 24.4 Å². The van der Waals surface area contributed by atoms with E-state index in [-0.39, 0.29) is 0 Å². The van der Waals surface area contributed by atoms with E-state index in [1.165, 1.54) is 0 Å². The highest BCUT2D eigenvalue weighted by atomic mass is 16.5. The van der Waals surface area contributed by atoms with E-state index in [0.717, 1.165) is 51.0 Å². The molecule has 20 heavy (non-hydrogen) atoms. The Morgan fingerprint density at radius 1 is 1.45 bits per heavy atom. The predicted molar refractivity (Wildman–Crippen MR) is 75.0 cm³/mol. The second kappa shape index (κ2) is 6.24. The van der Waals surface area contributed by atoms with Crippen LogP contribution < -0.4 is 0 Å². The molecule has 1 aliphatic heterocycles. The summed E-state index contributed by atoms with van der Waals surface area (Å²) in [6.07, 6.45) is 5.67. The van der Waals surface area contributed by atoms with E-state index in [9.17, 15) is 0 Å². The van der Waals surface area contributed by atoms with Crippen molar-refractivity contribution in [3.8, 4) is 0 Å². The van der Waals surface area contributed by atoms with Crippen molar-refractivity contribution in [1.29, 1.82) is 0 Å². The summed E-state index contributed by atoms with van der Waals surface area (Å²) in [6.45, 7) is 7.26. The topological polar surface area (TPSA) is 43.4 Å². The number of aromatic nitrogens is 2. The van der Waals surface area contributed by atoms with Crippen molar-refractivity contribution in [3.05, 3.63) is 42.4 Å². The van der Waals surface area contributed by atoms with Crippen LogP contribution in [0.2, 0.25) is 0 Å². The van der Waals surface area contributed by atoms with E-state index in [1.54, 1.807) is 6.26 Å². The van der Waals surface area contributed by atoms with Gasteiger partial charge in [0.05, 0.1) is 26.0 Å². The molecular weight excluding hydrogens is 254 g/mol. The van der Waals surface area contributed by atoms with E-state index in [0.29, 0.717) is 5.92 Å². The Labute approximate surface area is 119 Å². The molecule has 0 aromatic carbocycles. The molecule has 1 atom stereocenters. The zero-order valence-corrected chi connectivity index (χ0v) is 11.9. The first-order valence-corrected chi connectivity index (χ1v) is 7.17. The average Bonchev–Trinajstić information content (AvgIpc) is 3.06. The summed E-state index contributed by atoms with van der Waals surface area (Å²) in [6, 6.07) is 3.96. The van der Waals surface area contributed by atoms with Crippen molar-refractivity contribution in [3.63, 3.8) is 0 Å². The number of hydrogen-bond donors (Lipinski definition) is 0. The monoisotopic (exact) mass is 275 g/mol. The number of fused-ring (bicyclic) bond motifs is 1. The van der Waals surface area contributed by atoms with Gasteiger partial charge in [0.15, 0.2) is 0 Å². The second-order valence-electron chi connectivity index (χ2n) is 5.27. The smallest absolute Gasteiger partial charge is 0.122 e. The average molecular weight is 275 g/mol. The maximum atomic E-state index is 5.62. The maximum absolute atomic E-state index is 5.62. The zero-order valence-electron chi connectivity index (χ0n) is 11.9. The summed E-state index contributed by atoms with van der Waals surface area (Å²) in [7, 11) is 0. The first-order chi connectivity index (χ1) is 9.85. The second-order valence-corrected chi connectivity index (χ2v) is 5.27. The Balaban J connectivity index is 1.73. The molecule has 2 aromatic heterocycles. The molecule has 5 heteroatoms. The number of imidazole rings is 1. The minimum Gasteiger partial charge on any atom is -0.468 e. The van der Waals surface area contributed by atoms with Gasteiger partial charge in [-0.3, -0.25) is 4.90 Å². The Hall–Kier alpha value is -1.59. The van der Waals surface area contributed by atoms with Gasteiger partial charge in [-0.2, -0.15) is 0 Å². The standard InChI is InChI=1S/C15H21N3O2/c1-2-19-12-13-8-17(10-14-4-3-7-20-14)11-15-16-5-6-18(15)9-13/h3-7,13H,2,8-12H2,1H3/t13-/m0/s1. The number of nitrogens with zero attached hydrogens (tertiary/aromatic N) is 3. The minimum atomic E-state index is 0.486. The molecule has 0 fully saturated rings. The van der Waals surface area contributed by atoms with Gasteiger partial charge < -0.3 is 13.7 Å². The van der Waals surface area contributed by atoms with Gasteiger partial charge in [-0.1, -0.05) is 0 Å². The van der Waals surface area contributed by atoms with Crippen LogP contribution in [0.1, 0.15) is 18.5 Å². The molecule has 0 aliphatic carbocycles. The lowest BCUT2D eigenvalue weighted by molar-refractivity contribution is 0.0835. The van der Waals surface area contributed by atoms with Crippen LogP contribution in [0.4, 0.5) is 0 Å². The molecule has 0 bridgehead atoms. The molecule has 0 N–H and O–H groups in total. The molecule has 3 rings (SSSR count). The predicted octanol–water partition coefficient (Wildman–Crippen LogP) is 2.14. The van der Waals surface area contributed by atoms with Gasteiger partial charge in [-0.05, 0) is 19.1 Å². The summed E-state index contributed by atoms with van der Waals surface area (Å²) in [5.41, 5.74) is 0. The molecule has 0 radical (unpaired) electrons. The highest BCUT2D eigenvalue weighted by molar-refractivity contribution is 5.00. The Morgan fingerprint density at radius 3 is 3.20 bits per heavy atom. The van der Waals surface area contributed by atoms with Crippen LogP contribution in [0.25, 0.3) is 0 Å². The third kappa shape index (κ3) is 3.11. The van der Waals surface area contributed by atoms with E-state index in [2.05, 4.69) is 20.6 Å². The summed E-state index contributed by atoms with van der Waals surface area (Å²) < 4.78 is 13.3. The number of hydrogen-bond acceptors (Lipinski definition) is 4. The van der Waals surface area contributed by atoms with Crippen molar-refractivity contribution < 1.29 is 9.15 Å². The van der Waals surface area contributed by atoms with Crippen LogP contribution in [0.15, 0.2) is 35.2 Å². The van der Waals surface area contributed by atoms with E-state index in [1.807, 2.05) is 25.3 Å². The fourth-order valence-electron chi connectivity index (χ4n) is 2.76. The van der Waals surface area contributed by atoms with Crippen molar-refractivity contribution in [2.75, 3.05) is 19.8 Å². The molecule has 0 unspecified atom stereocenters. The van der Waals surface area contributed by atoms with Crippen LogP contribution in [0.3, 0.4) is 0 Å². The lowest BCUT2D eigenvalue weighted by atomic mass is 10.1. The first-order valence-electron chi connectivity index (χ1n) is 7.17. The molecule has 0 saturated heterocycles. The summed E-state index contributed by atoms with van der Waals surface area (Å²) in [4.78, 5) is 6.84. The molecule has 5 nitrogen and oxygen atoms in total. The van der Waals surface area contributed by atoms with Gasteiger partial charge in [0, 0.05) is 38.0 Å². The van der Waals surface area contributed by atoms with Crippen molar-refractivity contribution >= 4 is 0 Å². The molecule has 108 valence electrons. The van der Waals surface area contributed by atoms with Crippen LogP contribution in [-0.4, -0.2) is 34.2 Å². The lowest BCUT2D eigenvalue weighted by Crippen LogP contribution is -2.30. The molecule has 2 aromatic rings. The highest BCUT2D eigenvalue weighted by Gasteiger charge is 2.23. The molecule has 3 heterocycles. The van der Waals surface area contributed by atoms with Crippen LogP contribution in [0.5, 0.6) is 0 Å². The van der Waals surface area contributed by atoms with E-state index >= 15 is 0 Å². The molecule has 0 saturated carbocycles. The molecule has 0 amide bonds. The normalized spacial score (nSPS) is 19.8. The van der Waals surface area contributed by atoms with Crippen molar-refractivity contribution in [1.82, 2.24) is 14.5 Å². The van der Waals surface area contributed by atoms with Gasteiger partial charge in [-0.15, -0.1) is 0 Å². The largest absolute Gasteiger partial charge is 0.468 e. The molecular formula is C15H21N3O2. The van der Waals surface area contributed by atoms with Crippen LogP contribution >= 0.6 is 0 Å². The van der Waals surface area contributed by atoms with Crippen LogP contribution in [0, 0.1) is 5.92 Å². The van der Waals surface area contributed by atoms with E-state index in [4.69, 9.17) is 9.15 Å². The van der Waals surface area contributed by atoms with Gasteiger partial charge in [0.1, 0.15) is 11.6 Å². The first kappa shape index (κ1) is 13.4. The van der Waals surface area contributed by atoms with Gasteiger partial charge >= 0.3 is 0 Å². The third-order valence-electron chi connectivity index (χ3n) is 3.66. The van der Waals surface area contributed by atoms with Gasteiger partial charge in [0.25, 0.3) is 0 Å². The van der Waals surface area contributed by atoms with Crippen molar-refractivity contribution in [2.45, 2.75) is 26.6 Å². The summed E-state index contributed by atoms with van der Waals surface area (Å²) in [5, 5.41) is 0. The fraction of sp³-hybridized carbons (Fsp3) is 0.533.